The lowest BCUT2D eigenvalue weighted by Crippen LogP contribution is -2.19. The first-order valence-electron chi connectivity index (χ1n) is 7.91. The molecule has 2 aromatic heterocycles. The average Bonchev–Trinajstić information content (AvgIpc) is 2.92. The molecule has 0 unspecified atom stereocenters. The van der Waals surface area contributed by atoms with Crippen LogP contribution in [-0.2, 0) is 5.75 Å². The number of aromatic amines is 1. The van der Waals surface area contributed by atoms with Crippen molar-refractivity contribution in [3.05, 3.63) is 53.6 Å². The van der Waals surface area contributed by atoms with E-state index in [0.29, 0.717) is 17.0 Å². The number of H-pyrrole nitrogens is 1. The lowest BCUT2D eigenvalue weighted by atomic mass is 10.2. The largest absolute Gasteiger partial charge is 0.484 e. The molecule has 0 aliphatic heterocycles. The molecule has 0 radical (unpaired) electrons. The minimum Gasteiger partial charge on any atom is -0.484 e. The van der Waals surface area contributed by atoms with Crippen molar-refractivity contribution in [3.8, 4) is 5.75 Å². The first-order valence-corrected chi connectivity index (χ1v) is 8.89. The summed E-state index contributed by atoms with van der Waals surface area (Å²) in [4.78, 5) is 11.9. The minimum atomic E-state index is -4.37. The van der Waals surface area contributed by atoms with E-state index in [9.17, 15) is 13.2 Å². The fourth-order valence-corrected chi connectivity index (χ4v) is 3.06. The number of nitrogens with zero attached hydrogens (tertiary/aromatic N) is 2. The Hall–Kier alpha value is -2.22. The number of rotatable bonds is 8. The number of allylic oxidation sites excluding steroid dienone is 2. The molecule has 2 heterocycles. The fourth-order valence-electron chi connectivity index (χ4n) is 2.11. The molecule has 140 valence electrons. The number of ether oxygens (including phenoxy) is 1. The van der Waals surface area contributed by atoms with Crippen LogP contribution >= 0.6 is 11.8 Å². The predicted molar refractivity (Wildman–Crippen MR) is 97.3 cm³/mol. The van der Waals surface area contributed by atoms with Crippen LogP contribution in [0, 0.1) is 13.8 Å². The number of aromatic nitrogens is 3. The maximum atomic E-state index is 12.3. The van der Waals surface area contributed by atoms with Crippen molar-refractivity contribution in [2.45, 2.75) is 37.4 Å². The smallest absolute Gasteiger partial charge is 0.422 e. The average molecular weight is 383 g/mol. The van der Waals surface area contributed by atoms with Crippen molar-refractivity contribution in [2.75, 3.05) is 6.61 Å². The third-order valence-corrected chi connectivity index (χ3v) is 4.36. The van der Waals surface area contributed by atoms with Crippen LogP contribution in [-0.4, -0.2) is 27.7 Å². The molecule has 4 nitrogen and oxygen atoms in total. The van der Waals surface area contributed by atoms with Gasteiger partial charge >= 0.3 is 6.18 Å². The monoisotopic (exact) mass is 383 g/mol. The molecule has 0 atom stereocenters. The number of halogens is 3. The second-order valence-corrected chi connectivity index (χ2v) is 6.52. The number of thioether (sulfide) groups is 1. The van der Waals surface area contributed by atoms with E-state index in [-0.39, 0.29) is 5.75 Å². The fraction of sp³-hybridized carbons (Fsp3) is 0.333. The number of imidazole rings is 1. The Morgan fingerprint density at radius 1 is 1.35 bits per heavy atom. The maximum Gasteiger partial charge on any atom is 0.422 e. The molecule has 0 amide bonds. The van der Waals surface area contributed by atoms with E-state index in [1.54, 1.807) is 13.0 Å². The summed E-state index contributed by atoms with van der Waals surface area (Å²) in [6.45, 7) is 5.97. The van der Waals surface area contributed by atoms with Gasteiger partial charge in [-0.2, -0.15) is 13.2 Å². The summed E-state index contributed by atoms with van der Waals surface area (Å²) in [7, 11) is 0. The van der Waals surface area contributed by atoms with Crippen molar-refractivity contribution < 1.29 is 17.9 Å². The maximum absolute atomic E-state index is 12.3. The summed E-state index contributed by atoms with van der Waals surface area (Å²) in [6.07, 6.45) is 3.54. The quantitative estimate of drug-likeness (QED) is 0.500. The zero-order chi connectivity index (χ0) is 19.2. The van der Waals surface area contributed by atoms with Gasteiger partial charge in [0, 0.05) is 23.2 Å². The van der Waals surface area contributed by atoms with E-state index in [2.05, 4.69) is 21.5 Å². The van der Waals surface area contributed by atoms with Gasteiger partial charge in [-0.3, -0.25) is 4.98 Å². The van der Waals surface area contributed by atoms with Gasteiger partial charge in [-0.05, 0) is 32.4 Å². The Labute approximate surface area is 154 Å². The van der Waals surface area contributed by atoms with Gasteiger partial charge in [0.1, 0.15) is 5.75 Å². The number of nitrogens with one attached hydrogen (secondary N) is 1. The van der Waals surface area contributed by atoms with Gasteiger partial charge in [0.25, 0.3) is 0 Å². The number of hydrogen-bond donors (Lipinski definition) is 1. The van der Waals surface area contributed by atoms with Crippen molar-refractivity contribution in [2.24, 2.45) is 0 Å². The normalized spacial score (nSPS) is 11.9. The first-order chi connectivity index (χ1) is 12.3. The molecule has 0 saturated heterocycles. The third-order valence-electron chi connectivity index (χ3n) is 3.47. The molecule has 2 rings (SSSR count). The van der Waals surface area contributed by atoms with Gasteiger partial charge < -0.3 is 9.72 Å². The summed E-state index contributed by atoms with van der Waals surface area (Å²) in [5.41, 5.74) is 3.05. The van der Waals surface area contributed by atoms with Crippen molar-refractivity contribution in [1.29, 1.82) is 0 Å². The molecule has 0 spiro atoms. The Balaban J connectivity index is 2.03. The molecule has 0 fully saturated rings. The topological polar surface area (TPSA) is 50.8 Å². The molecule has 2 aromatic rings. The van der Waals surface area contributed by atoms with Crippen molar-refractivity contribution >= 4 is 17.8 Å². The van der Waals surface area contributed by atoms with Crippen LogP contribution in [0.2, 0.25) is 0 Å². The summed E-state index contributed by atoms with van der Waals surface area (Å²) < 4.78 is 41.8. The number of hydrogen-bond acceptors (Lipinski definition) is 4. The number of aryl methyl sites for hydroxylation is 1. The van der Waals surface area contributed by atoms with Crippen LogP contribution in [0.3, 0.4) is 0 Å². The summed E-state index contributed by atoms with van der Waals surface area (Å²) in [5.74, 6) is 0.661. The van der Waals surface area contributed by atoms with Crippen molar-refractivity contribution in [1.82, 2.24) is 15.0 Å². The van der Waals surface area contributed by atoms with E-state index >= 15 is 0 Å². The highest BCUT2D eigenvalue weighted by Gasteiger charge is 2.28. The number of alkyl halides is 3. The molecule has 0 aliphatic rings. The highest BCUT2D eigenvalue weighted by Crippen LogP contribution is 2.27. The molecule has 0 bridgehead atoms. The van der Waals surface area contributed by atoms with Crippen LogP contribution in [0.4, 0.5) is 13.2 Å². The molecule has 1 N–H and O–H groups in total. The van der Waals surface area contributed by atoms with Crippen LogP contribution in [0.15, 0.2) is 36.2 Å². The predicted octanol–water partition coefficient (Wildman–Crippen LogP) is 5.24. The van der Waals surface area contributed by atoms with E-state index in [0.717, 1.165) is 23.0 Å². The van der Waals surface area contributed by atoms with Gasteiger partial charge in [0.05, 0.1) is 11.4 Å². The molecule has 0 aromatic carbocycles. The van der Waals surface area contributed by atoms with Crippen LogP contribution in [0.25, 0.3) is 6.08 Å². The molecule has 0 aliphatic carbocycles. The van der Waals surface area contributed by atoms with Gasteiger partial charge in [-0.15, -0.1) is 6.58 Å². The lowest BCUT2D eigenvalue weighted by molar-refractivity contribution is -0.153. The third kappa shape index (κ3) is 5.94. The van der Waals surface area contributed by atoms with Crippen LogP contribution in [0.5, 0.6) is 5.75 Å². The van der Waals surface area contributed by atoms with Crippen LogP contribution in [0.1, 0.15) is 29.1 Å². The van der Waals surface area contributed by atoms with E-state index < -0.39 is 12.8 Å². The second kappa shape index (κ2) is 8.93. The Morgan fingerprint density at radius 3 is 2.81 bits per heavy atom. The second-order valence-electron chi connectivity index (χ2n) is 5.55. The van der Waals surface area contributed by atoms with Gasteiger partial charge in [0.15, 0.2) is 11.8 Å². The Bertz CT molecular complexity index is 784. The highest BCUT2D eigenvalue weighted by atomic mass is 32.2. The van der Waals surface area contributed by atoms with Crippen molar-refractivity contribution in [3.63, 3.8) is 0 Å². The Kier molecular flexibility index (Phi) is 6.90. The highest BCUT2D eigenvalue weighted by molar-refractivity contribution is 7.98. The number of pyridine rings is 1. The van der Waals surface area contributed by atoms with Gasteiger partial charge in [-0.1, -0.05) is 23.9 Å². The van der Waals surface area contributed by atoms with Gasteiger partial charge in [-0.25, -0.2) is 4.98 Å². The molecular weight excluding hydrogens is 363 g/mol. The van der Waals surface area contributed by atoms with E-state index in [1.807, 2.05) is 19.1 Å². The molecular formula is C18H20F3N3OS. The van der Waals surface area contributed by atoms with E-state index in [1.165, 1.54) is 24.0 Å². The molecule has 8 heteroatoms. The standard InChI is InChI=1S/C18H20F3N3OS/c1-4-5-6-7-14-13(3)23-17(24-14)26-10-15-12(2)16(8-9-22-15)25-11-18(19,20)21/h4,6-9H,1,5,10-11H2,2-3H3,(H,23,24). The summed E-state index contributed by atoms with van der Waals surface area (Å²) in [5, 5.41) is 0.726. The zero-order valence-electron chi connectivity index (χ0n) is 14.6. The Morgan fingerprint density at radius 2 is 2.12 bits per heavy atom. The summed E-state index contributed by atoms with van der Waals surface area (Å²) in [6, 6.07) is 1.44. The van der Waals surface area contributed by atoms with Crippen LogP contribution < -0.4 is 4.74 Å². The molecule has 0 saturated carbocycles. The lowest BCUT2D eigenvalue weighted by Gasteiger charge is -2.13. The van der Waals surface area contributed by atoms with E-state index in [4.69, 9.17) is 4.74 Å². The minimum absolute atomic E-state index is 0.191. The molecule has 26 heavy (non-hydrogen) atoms. The summed E-state index contributed by atoms with van der Waals surface area (Å²) >= 11 is 1.43. The van der Waals surface area contributed by atoms with Gasteiger partial charge in [0.2, 0.25) is 0 Å². The zero-order valence-corrected chi connectivity index (χ0v) is 15.4. The SMILES string of the molecule is C=CCC=Cc1nc(SCc2nccc(OCC(F)(F)F)c2C)[nH]c1C. The first kappa shape index (κ1) is 20.1.